The van der Waals surface area contributed by atoms with E-state index in [1.807, 2.05) is 24.3 Å². The minimum absolute atomic E-state index is 0.0298. The number of nitrogens with one attached hydrogen (secondary N) is 2. The molecule has 2 N–H and O–H groups in total. The molecule has 0 aliphatic carbocycles. The van der Waals surface area contributed by atoms with Gasteiger partial charge in [-0.1, -0.05) is 6.92 Å². The van der Waals surface area contributed by atoms with Crippen molar-refractivity contribution in [2.24, 2.45) is 0 Å². The van der Waals surface area contributed by atoms with Crippen molar-refractivity contribution in [1.82, 2.24) is 5.32 Å². The van der Waals surface area contributed by atoms with Gasteiger partial charge in [0.15, 0.2) is 0 Å². The molecular formula is C13H18N2O2S. The molecule has 98 valence electrons. The van der Waals surface area contributed by atoms with Crippen molar-refractivity contribution < 1.29 is 9.53 Å². The summed E-state index contributed by atoms with van der Waals surface area (Å²) in [6.45, 7) is 2.79. The fourth-order valence-corrected chi connectivity index (χ4v) is 2.59. The summed E-state index contributed by atoms with van der Waals surface area (Å²) in [6.07, 6.45) is 0.990. The minimum Gasteiger partial charge on any atom is -0.494 e. The number of amides is 1. The van der Waals surface area contributed by atoms with E-state index in [2.05, 4.69) is 17.6 Å². The van der Waals surface area contributed by atoms with Gasteiger partial charge >= 0.3 is 0 Å². The average Bonchev–Trinajstić information content (AvgIpc) is 2.92. The molecule has 4 nitrogen and oxygen atoms in total. The molecule has 1 aromatic rings. The Labute approximate surface area is 111 Å². The van der Waals surface area contributed by atoms with Crippen LogP contribution in [0.2, 0.25) is 0 Å². The smallest absolute Gasteiger partial charge is 0.242 e. The van der Waals surface area contributed by atoms with E-state index in [4.69, 9.17) is 4.74 Å². The van der Waals surface area contributed by atoms with Crippen LogP contribution in [-0.2, 0) is 4.79 Å². The summed E-state index contributed by atoms with van der Waals surface area (Å²) < 4.78 is 5.49. The number of carbonyl (C=O) groups is 1. The number of hydrogen-bond donors (Lipinski definition) is 2. The second-order valence-corrected chi connectivity index (χ2v) is 5.16. The third-order valence-corrected chi connectivity index (χ3v) is 3.57. The number of benzene rings is 1. The van der Waals surface area contributed by atoms with Crippen molar-refractivity contribution in [2.75, 3.05) is 23.6 Å². The van der Waals surface area contributed by atoms with Crippen molar-refractivity contribution >= 4 is 23.4 Å². The van der Waals surface area contributed by atoms with Crippen LogP contribution in [0, 0.1) is 0 Å². The van der Waals surface area contributed by atoms with E-state index in [0.29, 0.717) is 0 Å². The molecule has 2 rings (SSSR count). The molecule has 1 aliphatic heterocycles. The van der Waals surface area contributed by atoms with Gasteiger partial charge in [-0.05, 0) is 30.7 Å². The molecule has 0 saturated carbocycles. The first-order valence-electron chi connectivity index (χ1n) is 6.14. The molecule has 1 atom stereocenters. The molecule has 1 aliphatic rings. The summed E-state index contributed by atoms with van der Waals surface area (Å²) in [5.74, 6) is 2.55. The highest BCUT2D eigenvalue weighted by atomic mass is 32.2. The maximum absolute atomic E-state index is 11.9. The molecule has 5 heteroatoms. The molecule has 1 aromatic carbocycles. The van der Waals surface area contributed by atoms with Crippen LogP contribution < -0.4 is 15.4 Å². The predicted octanol–water partition coefficient (Wildman–Crippen LogP) is 2.08. The van der Waals surface area contributed by atoms with Crippen LogP contribution in [0.1, 0.15) is 13.3 Å². The Morgan fingerprint density at radius 2 is 2.28 bits per heavy atom. The Bertz CT molecular complexity index is 388. The monoisotopic (exact) mass is 266 g/mol. The standard InChI is InChI=1S/C13H18N2O2S/c1-2-7-17-11-5-3-10(4-6-11)15-13(16)12-8-18-9-14-12/h3-6,12,14H,2,7-9H2,1H3,(H,15,16). The fraction of sp³-hybridized carbons (Fsp3) is 0.462. The van der Waals surface area contributed by atoms with Crippen LogP contribution in [-0.4, -0.2) is 30.2 Å². The zero-order valence-corrected chi connectivity index (χ0v) is 11.3. The molecule has 0 radical (unpaired) electrons. The van der Waals surface area contributed by atoms with Crippen LogP contribution in [0.4, 0.5) is 5.69 Å². The van der Waals surface area contributed by atoms with Crippen molar-refractivity contribution in [3.8, 4) is 5.75 Å². The van der Waals surface area contributed by atoms with Crippen LogP contribution in [0.15, 0.2) is 24.3 Å². The number of rotatable bonds is 5. The largest absolute Gasteiger partial charge is 0.494 e. The Morgan fingerprint density at radius 1 is 1.50 bits per heavy atom. The van der Waals surface area contributed by atoms with E-state index in [9.17, 15) is 4.79 Å². The van der Waals surface area contributed by atoms with E-state index >= 15 is 0 Å². The number of ether oxygens (including phenoxy) is 1. The lowest BCUT2D eigenvalue weighted by molar-refractivity contribution is -0.117. The number of hydrogen-bond acceptors (Lipinski definition) is 4. The van der Waals surface area contributed by atoms with E-state index in [-0.39, 0.29) is 11.9 Å². The third-order valence-electron chi connectivity index (χ3n) is 2.63. The number of carbonyl (C=O) groups excluding carboxylic acids is 1. The van der Waals surface area contributed by atoms with Gasteiger partial charge in [-0.15, -0.1) is 11.8 Å². The summed E-state index contributed by atoms with van der Waals surface area (Å²) in [5, 5.41) is 6.04. The van der Waals surface area contributed by atoms with Crippen LogP contribution in [0.3, 0.4) is 0 Å². The quantitative estimate of drug-likeness (QED) is 0.856. The summed E-state index contributed by atoms with van der Waals surface area (Å²) in [5.41, 5.74) is 0.808. The maximum atomic E-state index is 11.9. The summed E-state index contributed by atoms with van der Waals surface area (Å²) in [4.78, 5) is 11.9. The Balaban J connectivity index is 1.87. The van der Waals surface area contributed by atoms with Crippen LogP contribution in [0.25, 0.3) is 0 Å². The highest BCUT2D eigenvalue weighted by Crippen LogP contribution is 2.17. The van der Waals surface area contributed by atoms with Gasteiger partial charge < -0.3 is 10.1 Å². The van der Waals surface area contributed by atoms with Crippen molar-refractivity contribution in [3.05, 3.63) is 24.3 Å². The Kier molecular flexibility index (Phi) is 4.90. The van der Waals surface area contributed by atoms with Gasteiger partial charge in [0.2, 0.25) is 5.91 Å². The normalized spacial score (nSPS) is 18.6. The first kappa shape index (κ1) is 13.2. The number of anilines is 1. The second kappa shape index (κ2) is 6.66. The maximum Gasteiger partial charge on any atom is 0.242 e. The molecular weight excluding hydrogens is 248 g/mol. The topological polar surface area (TPSA) is 50.4 Å². The van der Waals surface area contributed by atoms with Gasteiger partial charge in [-0.25, -0.2) is 0 Å². The average molecular weight is 266 g/mol. The summed E-state index contributed by atoms with van der Waals surface area (Å²) >= 11 is 1.74. The highest BCUT2D eigenvalue weighted by Gasteiger charge is 2.22. The van der Waals surface area contributed by atoms with Gasteiger partial charge in [0.1, 0.15) is 5.75 Å². The summed E-state index contributed by atoms with van der Waals surface area (Å²) in [6, 6.07) is 7.41. The van der Waals surface area contributed by atoms with E-state index in [1.54, 1.807) is 11.8 Å². The fourth-order valence-electron chi connectivity index (χ4n) is 1.65. The Morgan fingerprint density at radius 3 is 2.89 bits per heavy atom. The van der Waals surface area contributed by atoms with Crippen LogP contribution >= 0.6 is 11.8 Å². The molecule has 18 heavy (non-hydrogen) atoms. The van der Waals surface area contributed by atoms with Crippen molar-refractivity contribution in [2.45, 2.75) is 19.4 Å². The Hall–Kier alpha value is -1.20. The molecule has 1 fully saturated rings. The lowest BCUT2D eigenvalue weighted by atomic mass is 10.2. The second-order valence-electron chi connectivity index (χ2n) is 4.13. The lowest BCUT2D eigenvalue weighted by Gasteiger charge is -2.11. The molecule has 1 unspecified atom stereocenters. The van der Waals surface area contributed by atoms with E-state index in [1.165, 1.54) is 0 Å². The van der Waals surface area contributed by atoms with Gasteiger partial charge in [-0.3, -0.25) is 10.1 Å². The summed E-state index contributed by atoms with van der Waals surface area (Å²) in [7, 11) is 0. The minimum atomic E-state index is -0.0778. The SMILES string of the molecule is CCCOc1ccc(NC(=O)C2CSCN2)cc1. The number of thioether (sulfide) groups is 1. The lowest BCUT2D eigenvalue weighted by Crippen LogP contribution is -2.37. The van der Waals surface area contributed by atoms with Crippen molar-refractivity contribution in [1.29, 1.82) is 0 Å². The molecule has 0 aromatic heterocycles. The zero-order valence-electron chi connectivity index (χ0n) is 10.4. The molecule has 1 amide bonds. The van der Waals surface area contributed by atoms with Gasteiger partial charge in [-0.2, -0.15) is 0 Å². The first-order valence-corrected chi connectivity index (χ1v) is 7.30. The molecule has 1 saturated heterocycles. The highest BCUT2D eigenvalue weighted by molar-refractivity contribution is 7.99. The van der Waals surface area contributed by atoms with Gasteiger partial charge in [0.25, 0.3) is 0 Å². The third kappa shape index (κ3) is 3.65. The first-order chi connectivity index (χ1) is 8.79. The van der Waals surface area contributed by atoms with Gasteiger partial charge in [0.05, 0.1) is 12.6 Å². The van der Waals surface area contributed by atoms with E-state index < -0.39 is 0 Å². The van der Waals surface area contributed by atoms with Crippen molar-refractivity contribution in [3.63, 3.8) is 0 Å². The molecule has 1 heterocycles. The van der Waals surface area contributed by atoms with Crippen LogP contribution in [0.5, 0.6) is 5.75 Å². The zero-order chi connectivity index (χ0) is 12.8. The molecule has 0 spiro atoms. The predicted molar refractivity (Wildman–Crippen MR) is 75.1 cm³/mol. The molecule has 0 bridgehead atoms. The van der Waals surface area contributed by atoms with Gasteiger partial charge in [0, 0.05) is 17.3 Å². The van der Waals surface area contributed by atoms with E-state index in [0.717, 1.165) is 36.1 Å².